The van der Waals surface area contributed by atoms with Crippen LogP contribution in [0.5, 0.6) is 0 Å². The van der Waals surface area contributed by atoms with Gasteiger partial charge in [0.25, 0.3) is 5.91 Å². The number of hydrogen-bond acceptors (Lipinski definition) is 3. The van der Waals surface area contributed by atoms with Crippen molar-refractivity contribution in [2.75, 3.05) is 26.4 Å². The molecule has 0 saturated heterocycles. The molecule has 0 atom stereocenters. The first-order valence-electron chi connectivity index (χ1n) is 5.57. The monoisotopic (exact) mass is 335 g/mol. The second-order valence-corrected chi connectivity index (χ2v) is 4.84. The van der Waals surface area contributed by atoms with Crippen LogP contribution in [0.2, 0.25) is 5.02 Å². The average molecular weight is 337 g/mol. The lowest BCUT2D eigenvalue weighted by atomic mass is 10.2. The fraction of sp³-hybridized carbons (Fsp3) is 0.417. The molecule has 4 nitrogen and oxygen atoms in total. The van der Waals surface area contributed by atoms with Crippen molar-refractivity contribution >= 4 is 33.4 Å². The molecule has 1 amide bonds. The lowest BCUT2D eigenvalue weighted by Gasteiger charge is -2.06. The maximum Gasteiger partial charge on any atom is 0.251 e. The number of benzene rings is 1. The van der Waals surface area contributed by atoms with Crippen LogP contribution in [0.15, 0.2) is 22.7 Å². The predicted molar refractivity (Wildman–Crippen MR) is 74.0 cm³/mol. The molecule has 0 saturated carbocycles. The number of carbonyl (C=O) groups is 1. The van der Waals surface area contributed by atoms with Crippen LogP contribution in [-0.2, 0) is 4.74 Å². The Morgan fingerprint density at radius 2 is 2.22 bits per heavy atom. The van der Waals surface area contributed by atoms with Gasteiger partial charge < -0.3 is 15.2 Å². The summed E-state index contributed by atoms with van der Waals surface area (Å²) in [5.74, 6) is -0.161. The van der Waals surface area contributed by atoms with Gasteiger partial charge in [-0.05, 0) is 40.5 Å². The van der Waals surface area contributed by atoms with Crippen molar-refractivity contribution in [3.8, 4) is 0 Å². The maximum atomic E-state index is 11.7. The first kappa shape index (κ1) is 15.4. The zero-order valence-corrected chi connectivity index (χ0v) is 12.1. The molecule has 0 aliphatic rings. The highest BCUT2D eigenvalue weighted by Crippen LogP contribution is 2.23. The van der Waals surface area contributed by atoms with Gasteiger partial charge in [0.05, 0.1) is 18.2 Å². The summed E-state index contributed by atoms with van der Waals surface area (Å²) < 4.78 is 5.84. The van der Waals surface area contributed by atoms with E-state index in [9.17, 15) is 4.79 Å². The molecule has 18 heavy (non-hydrogen) atoms. The zero-order valence-electron chi connectivity index (χ0n) is 9.79. The third-order valence-corrected chi connectivity index (χ3v) is 3.40. The smallest absolute Gasteiger partial charge is 0.251 e. The molecule has 1 rings (SSSR count). The number of halogens is 2. The minimum absolute atomic E-state index is 0.0176. The van der Waals surface area contributed by atoms with E-state index in [2.05, 4.69) is 21.2 Å². The molecule has 0 aliphatic carbocycles. The fourth-order valence-corrected chi connectivity index (χ4v) is 1.71. The molecular weight excluding hydrogens is 321 g/mol. The van der Waals surface area contributed by atoms with Crippen LogP contribution < -0.4 is 5.32 Å². The van der Waals surface area contributed by atoms with E-state index in [1.54, 1.807) is 18.2 Å². The lowest BCUT2D eigenvalue weighted by Crippen LogP contribution is -2.25. The van der Waals surface area contributed by atoms with Crippen LogP contribution in [0.1, 0.15) is 16.8 Å². The Kier molecular flexibility index (Phi) is 7.27. The number of ether oxygens (including phenoxy) is 1. The van der Waals surface area contributed by atoms with Crippen molar-refractivity contribution in [2.24, 2.45) is 0 Å². The molecule has 6 heteroatoms. The molecule has 0 radical (unpaired) electrons. The summed E-state index contributed by atoms with van der Waals surface area (Å²) in [4.78, 5) is 11.7. The van der Waals surface area contributed by atoms with E-state index in [1.165, 1.54) is 0 Å². The minimum Gasteiger partial charge on any atom is -0.394 e. The molecule has 1 aromatic carbocycles. The second-order valence-electron chi connectivity index (χ2n) is 3.57. The van der Waals surface area contributed by atoms with E-state index in [0.29, 0.717) is 36.8 Å². The van der Waals surface area contributed by atoms with Gasteiger partial charge in [-0.15, -0.1) is 0 Å². The van der Waals surface area contributed by atoms with Gasteiger partial charge in [0.1, 0.15) is 0 Å². The maximum absolute atomic E-state index is 11.7. The number of carbonyl (C=O) groups excluding carboxylic acids is 1. The summed E-state index contributed by atoms with van der Waals surface area (Å²) in [6.45, 7) is 1.39. The summed E-state index contributed by atoms with van der Waals surface area (Å²) >= 11 is 9.17. The van der Waals surface area contributed by atoms with Crippen LogP contribution in [0.25, 0.3) is 0 Å². The average Bonchev–Trinajstić information content (AvgIpc) is 2.36. The standard InChI is InChI=1S/C12H15BrClNO3/c13-10-3-2-9(8-11(10)14)12(17)15-4-1-6-18-7-5-16/h2-3,8,16H,1,4-7H2,(H,15,17). The van der Waals surface area contributed by atoms with Crippen LogP contribution in [0.3, 0.4) is 0 Å². The molecule has 0 aliphatic heterocycles. The van der Waals surface area contributed by atoms with Crippen molar-refractivity contribution in [3.63, 3.8) is 0 Å². The number of rotatable bonds is 7. The van der Waals surface area contributed by atoms with Crippen molar-refractivity contribution in [1.82, 2.24) is 5.32 Å². The number of nitrogens with one attached hydrogen (secondary N) is 1. The van der Waals surface area contributed by atoms with Gasteiger partial charge in [-0.3, -0.25) is 4.79 Å². The molecule has 0 unspecified atom stereocenters. The van der Waals surface area contributed by atoms with Crippen molar-refractivity contribution in [3.05, 3.63) is 33.3 Å². The molecular formula is C12H15BrClNO3. The highest BCUT2D eigenvalue weighted by molar-refractivity contribution is 9.10. The molecule has 0 aromatic heterocycles. The molecule has 0 bridgehead atoms. The Morgan fingerprint density at radius 3 is 2.89 bits per heavy atom. The Balaban J connectivity index is 2.30. The lowest BCUT2D eigenvalue weighted by molar-refractivity contribution is 0.0867. The first-order chi connectivity index (χ1) is 8.65. The van der Waals surface area contributed by atoms with Crippen LogP contribution in [0, 0.1) is 0 Å². The highest BCUT2D eigenvalue weighted by atomic mass is 79.9. The predicted octanol–water partition coefficient (Wildman–Crippen LogP) is 2.23. The molecule has 0 spiro atoms. The Labute approximate surface area is 119 Å². The topological polar surface area (TPSA) is 58.6 Å². The van der Waals surface area contributed by atoms with Gasteiger partial charge in [0, 0.05) is 23.2 Å². The summed E-state index contributed by atoms with van der Waals surface area (Å²) in [5.41, 5.74) is 0.527. The Morgan fingerprint density at radius 1 is 1.44 bits per heavy atom. The molecule has 2 N–H and O–H groups in total. The van der Waals surface area contributed by atoms with Gasteiger partial charge in [-0.2, -0.15) is 0 Å². The summed E-state index contributed by atoms with van der Waals surface area (Å²) in [5, 5.41) is 11.8. The van der Waals surface area contributed by atoms with E-state index >= 15 is 0 Å². The van der Waals surface area contributed by atoms with Crippen LogP contribution in [-0.4, -0.2) is 37.4 Å². The van der Waals surface area contributed by atoms with Crippen molar-refractivity contribution in [2.45, 2.75) is 6.42 Å². The molecule has 0 heterocycles. The number of hydrogen-bond donors (Lipinski definition) is 2. The number of amides is 1. The second kappa shape index (κ2) is 8.48. The van der Waals surface area contributed by atoms with Gasteiger partial charge in [-0.1, -0.05) is 11.6 Å². The van der Waals surface area contributed by atoms with Gasteiger partial charge in [0.15, 0.2) is 0 Å². The third kappa shape index (κ3) is 5.35. The van der Waals surface area contributed by atoms with E-state index in [1.807, 2.05) is 0 Å². The normalized spacial score (nSPS) is 10.4. The van der Waals surface area contributed by atoms with Crippen molar-refractivity contribution < 1.29 is 14.6 Å². The molecule has 1 aromatic rings. The quantitative estimate of drug-likeness (QED) is 0.751. The first-order valence-corrected chi connectivity index (χ1v) is 6.74. The van der Waals surface area contributed by atoms with E-state index < -0.39 is 0 Å². The SMILES string of the molecule is O=C(NCCCOCCO)c1ccc(Br)c(Cl)c1. The van der Waals surface area contributed by atoms with Crippen LogP contribution >= 0.6 is 27.5 Å². The Bertz CT molecular complexity index is 401. The fourth-order valence-electron chi connectivity index (χ4n) is 1.28. The minimum atomic E-state index is -0.161. The molecule has 100 valence electrons. The summed E-state index contributed by atoms with van der Waals surface area (Å²) in [7, 11) is 0. The van der Waals surface area contributed by atoms with E-state index in [0.717, 1.165) is 4.47 Å². The third-order valence-electron chi connectivity index (χ3n) is 2.17. The summed E-state index contributed by atoms with van der Waals surface area (Å²) in [6.07, 6.45) is 0.704. The highest BCUT2D eigenvalue weighted by Gasteiger charge is 2.06. The zero-order chi connectivity index (χ0) is 13.4. The molecule has 0 fully saturated rings. The number of aliphatic hydroxyl groups is 1. The Hall–Kier alpha value is -0.620. The van der Waals surface area contributed by atoms with Crippen molar-refractivity contribution in [1.29, 1.82) is 0 Å². The van der Waals surface area contributed by atoms with Crippen LogP contribution in [0.4, 0.5) is 0 Å². The summed E-state index contributed by atoms with van der Waals surface area (Å²) in [6, 6.07) is 5.05. The van der Waals surface area contributed by atoms with E-state index in [-0.39, 0.29) is 12.5 Å². The number of aliphatic hydroxyl groups excluding tert-OH is 1. The van der Waals surface area contributed by atoms with E-state index in [4.69, 9.17) is 21.4 Å². The van der Waals surface area contributed by atoms with Gasteiger partial charge >= 0.3 is 0 Å². The van der Waals surface area contributed by atoms with Gasteiger partial charge in [0.2, 0.25) is 0 Å². The van der Waals surface area contributed by atoms with Gasteiger partial charge in [-0.25, -0.2) is 0 Å². The largest absolute Gasteiger partial charge is 0.394 e.